The van der Waals surface area contributed by atoms with E-state index >= 15 is 0 Å². The van der Waals surface area contributed by atoms with E-state index in [1.807, 2.05) is 26.4 Å². The van der Waals surface area contributed by atoms with Gasteiger partial charge in [0.15, 0.2) is 0 Å². The molecule has 0 radical (unpaired) electrons. The third kappa shape index (κ3) is 5.83. The van der Waals surface area contributed by atoms with Crippen molar-refractivity contribution in [2.45, 2.75) is 38.8 Å². The molecule has 2 aromatic rings. The van der Waals surface area contributed by atoms with E-state index in [4.69, 9.17) is 0 Å². The monoisotopic (exact) mass is 408 g/mol. The molecular weight excluding hydrogens is 381 g/mol. The van der Waals surface area contributed by atoms with E-state index in [-0.39, 0.29) is 11.3 Å². The predicted octanol–water partition coefficient (Wildman–Crippen LogP) is 4.10. The summed E-state index contributed by atoms with van der Waals surface area (Å²) in [5, 5.41) is 0. The Balaban J connectivity index is 1.69. The highest BCUT2D eigenvalue weighted by Gasteiger charge is 2.37. The minimum atomic E-state index is -4.68. The Morgan fingerprint density at radius 3 is 2.45 bits per heavy atom. The van der Waals surface area contributed by atoms with Crippen molar-refractivity contribution >= 4 is 5.69 Å². The molecule has 0 saturated carbocycles. The molecule has 0 aliphatic carbocycles. The number of halogens is 3. The van der Waals surface area contributed by atoms with Crippen LogP contribution in [0.4, 0.5) is 18.9 Å². The van der Waals surface area contributed by atoms with Crippen LogP contribution in [-0.2, 0) is 13.1 Å². The van der Waals surface area contributed by atoms with Gasteiger partial charge >= 0.3 is 6.36 Å². The minimum absolute atomic E-state index is 0.0773. The first kappa shape index (κ1) is 21.4. The fraction of sp³-hybridized carbons (Fsp3) is 0.476. The van der Waals surface area contributed by atoms with Crippen molar-refractivity contribution < 1.29 is 17.9 Å². The van der Waals surface area contributed by atoms with Crippen LogP contribution in [0.25, 0.3) is 0 Å². The Kier molecular flexibility index (Phi) is 6.05. The van der Waals surface area contributed by atoms with Crippen molar-refractivity contribution in [3.05, 3.63) is 53.9 Å². The van der Waals surface area contributed by atoms with Gasteiger partial charge in [0.05, 0.1) is 12.4 Å². The topological polar surface area (TPSA) is 31.8 Å². The number of aromatic nitrogens is 1. The maximum Gasteiger partial charge on any atom is 0.573 e. The number of rotatable bonds is 6. The van der Waals surface area contributed by atoms with Crippen LogP contribution in [0.15, 0.2) is 42.6 Å². The normalized spacial score (nSPS) is 17.2. The lowest BCUT2D eigenvalue weighted by Gasteiger charge is -2.29. The van der Waals surface area contributed by atoms with Crippen LogP contribution in [-0.4, -0.2) is 54.0 Å². The first-order valence-electron chi connectivity index (χ1n) is 9.46. The first-order chi connectivity index (χ1) is 13.5. The number of benzene rings is 1. The Morgan fingerprint density at radius 2 is 1.83 bits per heavy atom. The van der Waals surface area contributed by atoms with E-state index in [9.17, 15) is 13.2 Å². The molecule has 1 aliphatic heterocycles. The van der Waals surface area contributed by atoms with Gasteiger partial charge in [-0.1, -0.05) is 0 Å². The molecule has 2 heterocycles. The van der Waals surface area contributed by atoms with Crippen molar-refractivity contribution in [3.8, 4) is 5.75 Å². The molecule has 0 unspecified atom stereocenters. The molecular formula is C21H27F3N4O. The Morgan fingerprint density at radius 1 is 1.14 bits per heavy atom. The van der Waals surface area contributed by atoms with E-state index in [0.717, 1.165) is 31.0 Å². The Labute approximate surface area is 169 Å². The van der Waals surface area contributed by atoms with Gasteiger partial charge in [0.2, 0.25) is 0 Å². The van der Waals surface area contributed by atoms with Crippen LogP contribution in [0.2, 0.25) is 0 Å². The molecule has 3 rings (SSSR count). The van der Waals surface area contributed by atoms with E-state index in [0.29, 0.717) is 6.67 Å². The minimum Gasteiger partial charge on any atom is -0.406 e. The summed E-state index contributed by atoms with van der Waals surface area (Å²) >= 11 is 0. The zero-order valence-corrected chi connectivity index (χ0v) is 17.2. The molecule has 29 heavy (non-hydrogen) atoms. The Hall–Kier alpha value is -2.32. The number of nitrogens with zero attached hydrogens (tertiary/aromatic N) is 4. The Bertz CT molecular complexity index is 821. The second kappa shape index (κ2) is 8.20. The summed E-state index contributed by atoms with van der Waals surface area (Å²) < 4.78 is 41.0. The lowest BCUT2D eigenvalue weighted by Crippen LogP contribution is -2.39. The number of ether oxygens (including phenoxy) is 1. The predicted molar refractivity (Wildman–Crippen MR) is 107 cm³/mol. The molecule has 1 saturated heterocycles. The van der Waals surface area contributed by atoms with Gasteiger partial charge < -0.3 is 14.5 Å². The molecule has 5 nitrogen and oxygen atoms in total. The zero-order valence-electron chi connectivity index (χ0n) is 17.2. The summed E-state index contributed by atoms with van der Waals surface area (Å²) in [4.78, 5) is 11.0. The largest absolute Gasteiger partial charge is 0.573 e. The van der Waals surface area contributed by atoms with Crippen molar-refractivity contribution in [1.29, 1.82) is 0 Å². The van der Waals surface area contributed by atoms with Gasteiger partial charge in [0.1, 0.15) is 5.75 Å². The standard InChI is InChI=1S/C21H27F3N4O/c1-20(2)14-27(18-5-7-19(8-6-18)29-21(22,23)24)15-28(20)12-16-9-10-25-17(11-16)13-26(3)4/h5-11H,12-15H2,1-4H3. The van der Waals surface area contributed by atoms with Gasteiger partial charge in [-0.15, -0.1) is 13.2 Å². The van der Waals surface area contributed by atoms with Gasteiger partial charge in [-0.25, -0.2) is 0 Å². The van der Waals surface area contributed by atoms with Crippen LogP contribution < -0.4 is 9.64 Å². The van der Waals surface area contributed by atoms with E-state index in [1.54, 1.807) is 12.1 Å². The molecule has 1 fully saturated rings. The first-order valence-corrected chi connectivity index (χ1v) is 9.46. The van der Waals surface area contributed by atoms with Crippen LogP contribution >= 0.6 is 0 Å². The van der Waals surface area contributed by atoms with Crippen molar-refractivity contribution in [2.75, 3.05) is 32.2 Å². The third-order valence-electron chi connectivity index (χ3n) is 4.94. The van der Waals surface area contributed by atoms with Crippen LogP contribution in [0, 0.1) is 0 Å². The average molecular weight is 408 g/mol. The molecule has 0 amide bonds. The molecule has 0 atom stereocenters. The number of hydrogen-bond donors (Lipinski definition) is 0. The van der Waals surface area contributed by atoms with Crippen molar-refractivity contribution in [1.82, 2.24) is 14.8 Å². The van der Waals surface area contributed by atoms with E-state index in [2.05, 4.69) is 44.3 Å². The molecule has 0 spiro atoms. The second-order valence-corrected chi connectivity index (χ2v) is 8.28. The summed E-state index contributed by atoms with van der Waals surface area (Å²) in [6, 6.07) is 10.2. The third-order valence-corrected chi connectivity index (χ3v) is 4.94. The molecule has 8 heteroatoms. The smallest absolute Gasteiger partial charge is 0.406 e. The molecule has 0 bridgehead atoms. The lowest BCUT2D eigenvalue weighted by molar-refractivity contribution is -0.274. The van der Waals surface area contributed by atoms with Crippen LogP contribution in [0.5, 0.6) is 5.75 Å². The average Bonchev–Trinajstić information content (AvgIpc) is 2.88. The lowest BCUT2D eigenvalue weighted by atomic mass is 10.0. The zero-order chi connectivity index (χ0) is 21.2. The van der Waals surface area contributed by atoms with Crippen molar-refractivity contribution in [3.63, 3.8) is 0 Å². The van der Waals surface area contributed by atoms with Gasteiger partial charge in [0.25, 0.3) is 0 Å². The molecule has 1 aromatic heterocycles. The summed E-state index contributed by atoms with van der Waals surface area (Å²) in [5.41, 5.74) is 3.02. The molecule has 1 aromatic carbocycles. The quantitative estimate of drug-likeness (QED) is 0.719. The fourth-order valence-electron chi connectivity index (χ4n) is 3.57. The highest BCUT2D eigenvalue weighted by molar-refractivity contribution is 5.50. The maximum atomic E-state index is 12.4. The summed E-state index contributed by atoms with van der Waals surface area (Å²) in [7, 11) is 4.03. The summed E-state index contributed by atoms with van der Waals surface area (Å²) in [6.07, 6.45) is -2.84. The fourth-order valence-corrected chi connectivity index (χ4v) is 3.57. The number of pyridine rings is 1. The van der Waals surface area contributed by atoms with Gasteiger partial charge in [0, 0.05) is 37.1 Å². The maximum absolute atomic E-state index is 12.4. The number of anilines is 1. The van der Waals surface area contributed by atoms with E-state index < -0.39 is 6.36 Å². The SMILES string of the molecule is CN(C)Cc1cc(CN2CN(c3ccc(OC(F)(F)F)cc3)CC2(C)C)ccn1. The summed E-state index contributed by atoms with van der Waals surface area (Å²) in [6.45, 7) is 7.39. The molecule has 158 valence electrons. The highest BCUT2D eigenvalue weighted by Crippen LogP contribution is 2.32. The highest BCUT2D eigenvalue weighted by atomic mass is 19.4. The van der Waals surface area contributed by atoms with Crippen molar-refractivity contribution in [2.24, 2.45) is 0 Å². The number of alkyl halides is 3. The molecule has 1 aliphatic rings. The molecule has 0 N–H and O–H groups in total. The van der Waals surface area contributed by atoms with Gasteiger partial charge in [-0.3, -0.25) is 9.88 Å². The second-order valence-electron chi connectivity index (χ2n) is 8.28. The van der Waals surface area contributed by atoms with E-state index in [1.165, 1.54) is 17.7 Å². The number of hydrogen-bond acceptors (Lipinski definition) is 5. The van der Waals surface area contributed by atoms with Gasteiger partial charge in [-0.05, 0) is 69.9 Å². The van der Waals surface area contributed by atoms with Crippen LogP contribution in [0.3, 0.4) is 0 Å². The van der Waals surface area contributed by atoms with Gasteiger partial charge in [-0.2, -0.15) is 0 Å². The summed E-state index contributed by atoms with van der Waals surface area (Å²) in [5.74, 6) is -0.207. The van der Waals surface area contributed by atoms with Crippen LogP contribution in [0.1, 0.15) is 25.1 Å².